The minimum absolute atomic E-state index is 0.250. The zero-order valence-electron chi connectivity index (χ0n) is 18.6. The van der Waals surface area contributed by atoms with Gasteiger partial charge in [0.2, 0.25) is 0 Å². The second-order valence-electron chi connectivity index (χ2n) is 7.07. The Morgan fingerprint density at radius 3 is 2.52 bits per heavy atom. The number of nitrogens with zero attached hydrogens (tertiary/aromatic N) is 1. The van der Waals surface area contributed by atoms with Crippen molar-refractivity contribution in [3.8, 4) is 17.2 Å². The predicted octanol–water partition coefficient (Wildman–Crippen LogP) is 5.89. The smallest absolute Gasteiger partial charge is 0.258 e. The molecule has 0 aliphatic rings. The highest BCUT2D eigenvalue weighted by Crippen LogP contribution is 2.32. The van der Waals surface area contributed by atoms with Crippen molar-refractivity contribution >= 4 is 44.2 Å². The number of aromatic nitrogens is 1. The molecule has 0 saturated carbocycles. The SMILES string of the molecule is CCOc1ccc2nc(NC(=O)/C(=C/c3ccc(OC)c(OC)c3)c3ccccc3)sc2c1. The lowest BCUT2D eigenvalue weighted by atomic mass is 10.0. The Bertz CT molecular complexity index is 1300. The number of benzene rings is 3. The number of amides is 1. The summed E-state index contributed by atoms with van der Waals surface area (Å²) < 4.78 is 17.2. The number of carbonyl (C=O) groups excluding carboxylic acids is 1. The molecular weight excluding hydrogens is 436 g/mol. The third-order valence-corrected chi connectivity index (χ3v) is 5.87. The molecule has 0 bridgehead atoms. The maximum Gasteiger partial charge on any atom is 0.258 e. The first-order valence-corrected chi connectivity index (χ1v) is 11.3. The zero-order valence-corrected chi connectivity index (χ0v) is 19.4. The van der Waals surface area contributed by atoms with Crippen LogP contribution in [0, 0.1) is 0 Å². The van der Waals surface area contributed by atoms with Crippen LogP contribution in [-0.2, 0) is 4.79 Å². The van der Waals surface area contributed by atoms with Gasteiger partial charge in [0.15, 0.2) is 16.6 Å². The summed E-state index contributed by atoms with van der Waals surface area (Å²) in [6.07, 6.45) is 1.83. The van der Waals surface area contributed by atoms with E-state index in [-0.39, 0.29) is 5.91 Å². The van der Waals surface area contributed by atoms with Crippen molar-refractivity contribution in [2.75, 3.05) is 26.1 Å². The predicted molar refractivity (Wildman–Crippen MR) is 133 cm³/mol. The first-order chi connectivity index (χ1) is 16.1. The van der Waals surface area contributed by atoms with Crippen molar-refractivity contribution in [1.29, 1.82) is 0 Å². The molecule has 0 saturated heterocycles. The Balaban J connectivity index is 1.67. The average molecular weight is 461 g/mol. The van der Waals surface area contributed by atoms with E-state index >= 15 is 0 Å². The van der Waals surface area contributed by atoms with E-state index in [9.17, 15) is 4.79 Å². The van der Waals surface area contributed by atoms with E-state index in [0.717, 1.165) is 27.1 Å². The number of fused-ring (bicyclic) bond motifs is 1. The molecule has 6 nitrogen and oxygen atoms in total. The van der Waals surface area contributed by atoms with Gasteiger partial charge in [-0.05, 0) is 54.5 Å². The van der Waals surface area contributed by atoms with E-state index in [0.29, 0.717) is 28.8 Å². The zero-order chi connectivity index (χ0) is 23.2. The number of thiazole rings is 1. The van der Waals surface area contributed by atoms with Crippen LogP contribution in [0.15, 0.2) is 66.7 Å². The molecule has 0 radical (unpaired) electrons. The van der Waals surface area contributed by atoms with Gasteiger partial charge in [-0.25, -0.2) is 4.98 Å². The lowest BCUT2D eigenvalue weighted by molar-refractivity contribution is -0.111. The van der Waals surface area contributed by atoms with Crippen molar-refractivity contribution in [3.63, 3.8) is 0 Å². The summed E-state index contributed by atoms with van der Waals surface area (Å²) in [5.41, 5.74) is 2.93. The molecule has 7 heteroatoms. The van der Waals surface area contributed by atoms with Crippen LogP contribution >= 0.6 is 11.3 Å². The minimum Gasteiger partial charge on any atom is -0.494 e. The van der Waals surface area contributed by atoms with Gasteiger partial charge in [0, 0.05) is 5.57 Å². The Morgan fingerprint density at radius 1 is 1.00 bits per heavy atom. The van der Waals surface area contributed by atoms with Crippen LogP contribution < -0.4 is 19.5 Å². The van der Waals surface area contributed by atoms with Crippen LogP contribution in [0.5, 0.6) is 17.2 Å². The number of rotatable bonds is 8. The summed E-state index contributed by atoms with van der Waals surface area (Å²) in [7, 11) is 3.17. The topological polar surface area (TPSA) is 69.7 Å². The molecule has 0 atom stereocenters. The highest BCUT2D eigenvalue weighted by Gasteiger charge is 2.16. The summed E-state index contributed by atoms with van der Waals surface area (Å²) in [5.74, 6) is 1.75. The van der Waals surface area contributed by atoms with Gasteiger partial charge in [-0.15, -0.1) is 0 Å². The average Bonchev–Trinajstić information content (AvgIpc) is 3.24. The summed E-state index contributed by atoms with van der Waals surface area (Å²) in [6, 6.07) is 20.8. The number of ether oxygens (including phenoxy) is 3. The molecule has 168 valence electrons. The molecule has 33 heavy (non-hydrogen) atoms. The molecule has 1 aromatic heterocycles. The Labute approximate surface area is 196 Å². The Hall–Kier alpha value is -3.84. The fourth-order valence-electron chi connectivity index (χ4n) is 3.39. The number of methoxy groups -OCH3 is 2. The van der Waals surface area contributed by atoms with Gasteiger partial charge < -0.3 is 14.2 Å². The molecule has 0 fully saturated rings. The highest BCUT2D eigenvalue weighted by molar-refractivity contribution is 7.22. The van der Waals surface area contributed by atoms with Gasteiger partial charge in [-0.1, -0.05) is 47.7 Å². The van der Waals surface area contributed by atoms with Crippen LogP contribution in [0.1, 0.15) is 18.1 Å². The van der Waals surface area contributed by atoms with Crippen molar-refractivity contribution in [2.45, 2.75) is 6.92 Å². The quantitative estimate of drug-likeness (QED) is 0.262. The van der Waals surface area contributed by atoms with Crippen LogP contribution in [0.25, 0.3) is 21.9 Å². The van der Waals surface area contributed by atoms with Crippen molar-refractivity contribution in [1.82, 2.24) is 4.98 Å². The number of anilines is 1. The van der Waals surface area contributed by atoms with Crippen LogP contribution in [0.4, 0.5) is 5.13 Å². The van der Waals surface area contributed by atoms with Crippen LogP contribution in [0.3, 0.4) is 0 Å². The van der Waals surface area contributed by atoms with E-state index in [2.05, 4.69) is 10.3 Å². The summed E-state index contributed by atoms with van der Waals surface area (Å²) >= 11 is 1.41. The fraction of sp³-hybridized carbons (Fsp3) is 0.154. The van der Waals surface area contributed by atoms with Gasteiger partial charge in [0.1, 0.15) is 5.75 Å². The van der Waals surface area contributed by atoms with E-state index in [4.69, 9.17) is 14.2 Å². The Morgan fingerprint density at radius 2 is 1.79 bits per heavy atom. The fourth-order valence-corrected chi connectivity index (χ4v) is 4.28. The second-order valence-corrected chi connectivity index (χ2v) is 8.10. The normalized spacial score (nSPS) is 11.3. The van der Waals surface area contributed by atoms with E-state index in [1.54, 1.807) is 14.2 Å². The van der Waals surface area contributed by atoms with Crippen LogP contribution in [-0.4, -0.2) is 31.7 Å². The lowest BCUT2D eigenvalue weighted by Crippen LogP contribution is -2.13. The molecule has 4 rings (SSSR count). The lowest BCUT2D eigenvalue weighted by Gasteiger charge is -2.10. The number of carbonyl (C=O) groups is 1. The van der Waals surface area contributed by atoms with Crippen molar-refractivity contribution in [3.05, 3.63) is 77.9 Å². The molecule has 4 aromatic rings. The molecule has 0 aliphatic heterocycles. The molecular formula is C26H24N2O4S. The summed E-state index contributed by atoms with van der Waals surface area (Å²) in [5, 5.41) is 3.48. The first-order valence-electron chi connectivity index (χ1n) is 10.4. The summed E-state index contributed by atoms with van der Waals surface area (Å²) in [4.78, 5) is 17.9. The third kappa shape index (κ3) is 5.15. The Kier molecular flexibility index (Phi) is 6.90. The molecule has 0 spiro atoms. The molecule has 1 N–H and O–H groups in total. The van der Waals surface area contributed by atoms with Gasteiger partial charge in [0.05, 0.1) is 31.0 Å². The second kappa shape index (κ2) is 10.2. The maximum atomic E-state index is 13.3. The third-order valence-electron chi connectivity index (χ3n) is 4.94. The van der Waals surface area contributed by atoms with Gasteiger partial charge >= 0.3 is 0 Å². The molecule has 0 aliphatic carbocycles. The van der Waals surface area contributed by atoms with Gasteiger partial charge in [-0.2, -0.15) is 0 Å². The van der Waals surface area contributed by atoms with E-state index < -0.39 is 0 Å². The number of nitrogens with one attached hydrogen (secondary N) is 1. The van der Waals surface area contributed by atoms with Crippen molar-refractivity contribution in [2.24, 2.45) is 0 Å². The number of hydrogen-bond donors (Lipinski definition) is 1. The molecule has 0 unspecified atom stereocenters. The largest absolute Gasteiger partial charge is 0.494 e. The highest BCUT2D eigenvalue weighted by atomic mass is 32.1. The van der Waals surface area contributed by atoms with Gasteiger partial charge in [0.25, 0.3) is 5.91 Å². The molecule has 3 aromatic carbocycles. The first kappa shape index (κ1) is 22.4. The maximum absolute atomic E-state index is 13.3. The molecule has 1 amide bonds. The van der Waals surface area contributed by atoms with Crippen molar-refractivity contribution < 1.29 is 19.0 Å². The van der Waals surface area contributed by atoms with E-state index in [1.165, 1.54) is 11.3 Å². The molecule has 1 heterocycles. The van der Waals surface area contributed by atoms with Crippen LogP contribution in [0.2, 0.25) is 0 Å². The number of hydrogen-bond acceptors (Lipinski definition) is 6. The standard InChI is InChI=1S/C26H24N2O4S/c1-4-32-19-11-12-21-24(16-19)33-26(27-21)28-25(29)20(18-8-6-5-7-9-18)14-17-10-13-22(30-2)23(15-17)31-3/h5-16H,4H2,1-3H3,(H,27,28,29)/b20-14+. The minimum atomic E-state index is -0.250. The monoisotopic (exact) mass is 460 g/mol. The van der Waals surface area contributed by atoms with E-state index in [1.807, 2.05) is 79.7 Å². The van der Waals surface area contributed by atoms with Gasteiger partial charge in [-0.3, -0.25) is 10.1 Å². The summed E-state index contributed by atoms with van der Waals surface area (Å²) in [6.45, 7) is 2.54.